The fraction of sp³-hybridized carbons (Fsp3) is 0.308. The molecule has 0 bridgehead atoms. The summed E-state index contributed by atoms with van der Waals surface area (Å²) in [5.74, 6) is -0.186. The van der Waals surface area contributed by atoms with Crippen LogP contribution in [0.1, 0.15) is 25.3 Å². The van der Waals surface area contributed by atoms with Gasteiger partial charge in [-0.3, -0.25) is 10.2 Å². The lowest BCUT2D eigenvalue weighted by molar-refractivity contribution is -0.119. The van der Waals surface area contributed by atoms with Crippen LogP contribution in [0.2, 0.25) is 5.02 Å². The Labute approximate surface area is 116 Å². The molecular weight excluding hydrogens is 264 g/mol. The highest BCUT2D eigenvalue weighted by molar-refractivity contribution is 6.30. The summed E-state index contributed by atoms with van der Waals surface area (Å²) in [7, 11) is 0. The molecule has 1 N–H and O–H groups in total. The first kappa shape index (κ1) is 13.5. The van der Waals surface area contributed by atoms with Gasteiger partial charge in [0.2, 0.25) is 5.91 Å². The number of rotatable bonds is 4. The molecule has 1 unspecified atom stereocenters. The summed E-state index contributed by atoms with van der Waals surface area (Å²) in [4.78, 5) is 12.3. The van der Waals surface area contributed by atoms with Crippen LogP contribution in [0.15, 0.2) is 36.9 Å². The average Bonchev–Trinajstić information content (AvgIpc) is 2.84. The molecule has 2 rings (SSSR count). The number of carbonyl (C=O) groups is 1. The zero-order valence-corrected chi connectivity index (χ0v) is 11.5. The van der Waals surface area contributed by atoms with E-state index in [0.29, 0.717) is 5.02 Å². The molecule has 6 heteroatoms. The molecule has 0 spiro atoms. The van der Waals surface area contributed by atoms with Crippen LogP contribution in [-0.2, 0) is 4.79 Å². The van der Waals surface area contributed by atoms with Crippen molar-refractivity contribution in [2.24, 2.45) is 5.92 Å². The monoisotopic (exact) mass is 278 g/mol. The van der Waals surface area contributed by atoms with Gasteiger partial charge in [-0.05, 0) is 23.6 Å². The Morgan fingerprint density at radius 1 is 1.21 bits per heavy atom. The van der Waals surface area contributed by atoms with Crippen LogP contribution >= 0.6 is 11.6 Å². The molecular formula is C13H15ClN4O. The van der Waals surface area contributed by atoms with Gasteiger partial charge in [0.15, 0.2) is 0 Å². The van der Waals surface area contributed by atoms with Gasteiger partial charge in [0.25, 0.3) is 0 Å². The molecule has 1 heterocycles. The van der Waals surface area contributed by atoms with E-state index in [4.69, 9.17) is 11.6 Å². The second-order valence-electron chi connectivity index (χ2n) is 4.62. The highest BCUT2D eigenvalue weighted by atomic mass is 35.5. The highest BCUT2D eigenvalue weighted by Crippen LogP contribution is 2.26. The van der Waals surface area contributed by atoms with Crippen molar-refractivity contribution in [1.82, 2.24) is 14.9 Å². The van der Waals surface area contributed by atoms with Crippen LogP contribution in [0.3, 0.4) is 0 Å². The van der Waals surface area contributed by atoms with E-state index in [2.05, 4.69) is 15.6 Å². The number of nitrogens with one attached hydrogen (secondary N) is 1. The molecule has 0 radical (unpaired) electrons. The number of hydrogen-bond donors (Lipinski definition) is 1. The molecule has 100 valence electrons. The molecule has 0 aliphatic carbocycles. The summed E-state index contributed by atoms with van der Waals surface area (Å²) in [5, 5.41) is 7.95. The summed E-state index contributed by atoms with van der Waals surface area (Å²) in [6, 6.07) is 7.33. The zero-order valence-electron chi connectivity index (χ0n) is 10.7. The SMILES string of the molecule is CC(C)C(C(=O)Nn1cnnc1)c1ccc(Cl)cc1. The number of amides is 1. The van der Waals surface area contributed by atoms with Crippen molar-refractivity contribution in [3.8, 4) is 0 Å². The summed E-state index contributed by atoms with van der Waals surface area (Å²) in [6.45, 7) is 4.01. The first-order valence-electron chi connectivity index (χ1n) is 5.99. The van der Waals surface area contributed by atoms with E-state index in [0.717, 1.165) is 5.56 Å². The summed E-state index contributed by atoms with van der Waals surface area (Å²) >= 11 is 5.87. The molecule has 1 aromatic heterocycles. The molecule has 0 aliphatic heterocycles. The second kappa shape index (κ2) is 5.84. The van der Waals surface area contributed by atoms with Crippen molar-refractivity contribution in [3.05, 3.63) is 47.5 Å². The third-order valence-electron chi connectivity index (χ3n) is 2.84. The minimum Gasteiger partial charge on any atom is -0.273 e. The van der Waals surface area contributed by atoms with Crippen LogP contribution in [0.5, 0.6) is 0 Å². The number of benzene rings is 1. The highest BCUT2D eigenvalue weighted by Gasteiger charge is 2.24. The predicted octanol–water partition coefficient (Wildman–Crippen LogP) is 2.44. The van der Waals surface area contributed by atoms with E-state index in [1.807, 2.05) is 26.0 Å². The van der Waals surface area contributed by atoms with Crippen molar-refractivity contribution in [1.29, 1.82) is 0 Å². The van der Waals surface area contributed by atoms with Gasteiger partial charge in [0.05, 0.1) is 5.92 Å². The zero-order chi connectivity index (χ0) is 13.8. The number of carbonyl (C=O) groups excluding carboxylic acids is 1. The molecule has 1 amide bonds. The van der Waals surface area contributed by atoms with Gasteiger partial charge in [-0.1, -0.05) is 37.6 Å². The maximum absolute atomic E-state index is 12.3. The van der Waals surface area contributed by atoms with Gasteiger partial charge in [-0.25, -0.2) is 4.68 Å². The van der Waals surface area contributed by atoms with Crippen molar-refractivity contribution in [2.75, 3.05) is 5.43 Å². The third-order valence-corrected chi connectivity index (χ3v) is 3.09. The lowest BCUT2D eigenvalue weighted by Gasteiger charge is -2.20. The van der Waals surface area contributed by atoms with Crippen molar-refractivity contribution in [2.45, 2.75) is 19.8 Å². The maximum atomic E-state index is 12.3. The minimum atomic E-state index is -0.250. The number of hydrogen-bond acceptors (Lipinski definition) is 3. The quantitative estimate of drug-likeness (QED) is 0.934. The van der Waals surface area contributed by atoms with Crippen molar-refractivity contribution < 1.29 is 4.79 Å². The molecule has 0 aliphatic rings. The van der Waals surface area contributed by atoms with Crippen molar-refractivity contribution >= 4 is 17.5 Å². The van der Waals surface area contributed by atoms with E-state index in [1.165, 1.54) is 17.3 Å². The summed E-state index contributed by atoms with van der Waals surface area (Å²) < 4.78 is 1.44. The molecule has 1 aromatic carbocycles. The van der Waals surface area contributed by atoms with E-state index in [9.17, 15) is 4.79 Å². The number of aromatic nitrogens is 3. The number of halogens is 1. The molecule has 19 heavy (non-hydrogen) atoms. The lowest BCUT2D eigenvalue weighted by Crippen LogP contribution is -2.30. The van der Waals surface area contributed by atoms with E-state index < -0.39 is 0 Å². The van der Waals surface area contributed by atoms with Gasteiger partial charge >= 0.3 is 0 Å². The van der Waals surface area contributed by atoms with Gasteiger partial charge in [-0.2, -0.15) is 0 Å². The predicted molar refractivity (Wildman–Crippen MR) is 73.4 cm³/mol. The summed E-state index contributed by atoms with van der Waals surface area (Å²) in [6.07, 6.45) is 2.88. The first-order chi connectivity index (χ1) is 9.08. The van der Waals surface area contributed by atoms with E-state index >= 15 is 0 Å². The van der Waals surface area contributed by atoms with Crippen LogP contribution in [-0.4, -0.2) is 20.8 Å². The van der Waals surface area contributed by atoms with Gasteiger partial charge < -0.3 is 0 Å². The Morgan fingerprint density at radius 2 is 1.79 bits per heavy atom. The van der Waals surface area contributed by atoms with E-state index in [-0.39, 0.29) is 17.7 Å². The Hall–Kier alpha value is -1.88. The molecule has 2 aromatic rings. The van der Waals surface area contributed by atoms with Crippen molar-refractivity contribution in [3.63, 3.8) is 0 Å². The Morgan fingerprint density at radius 3 is 2.32 bits per heavy atom. The van der Waals surface area contributed by atoms with Crippen LogP contribution in [0.25, 0.3) is 0 Å². The third kappa shape index (κ3) is 3.32. The molecule has 5 nitrogen and oxygen atoms in total. The molecule has 0 saturated heterocycles. The van der Waals surface area contributed by atoms with Gasteiger partial charge in [0, 0.05) is 5.02 Å². The van der Waals surface area contributed by atoms with Crippen LogP contribution in [0, 0.1) is 5.92 Å². The first-order valence-corrected chi connectivity index (χ1v) is 6.36. The lowest BCUT2D eigenvalue weighted by atomic mass is 9.88. The number of nitrogens with zero attached hydrogens (tertiary/aromatic N) is 3. The Bertz CT molecular complexity index is 536. The maximum Gasteiger partial charge on any atom is 0.246 e. The summed E-state index contributed by atoms with van der Waals surface area (Å²) in [5.41, 5.74) is 3.67. The average molecular weight is 279 g/mol. The smallest absolute Gasteiger partial charge is 0.246 e. The normalized spacial score (nSPS) is 12.4. The largest absolute Gasteiger partial charge is 0.273 e. The minimum absolute atomic E-state index is 0.0999. The second-order valence-corrected chi connectivity index (χ2v) is 5.05. The van der Waals surface area contributed by atoms with Gasteiger partial charge in [-0.15, -0.1) is 10.2 Å². The molecule has 0 saturated carbocycles. The van der Waals surface area contributed by atoms with Crippen LogP contribution < -0.4 is 5.43 Å². The fourth-order valence-electron chi connectivity index (χ4n) is 1.96. The standard InChI is InChI=1S/C13H15ClN4O/c1-9(2)12(10-3-5-11(14)6-4-10)13(19)17-18-7-15-16-8-18/h3-9,12H,1-2H3,(H,17,19). The van der Waals surface area contributed by atoms with Crippen LogP contribution in [0.4, 0.5) is 0 Å². The molecule has 0 fully saturated rings. The molecule has 1 atom stereocenters. The fourth-order valence-corrected chi connectivity index (χ4v) is 2.09. The Balaban J connectivity index is 2.20. The topological polar surface area (TPSA) is 59.8 Å². The Kier molecular flexibility index (Phi) is 4.16. The van der Waals surface area contributed by atoms with E-state index in [1.54, 1.807) is 12.1 Å². The van der Waals surface area contributed by atoms with Gasteiger partial charge in [0.1, 0.15) is 12.7 Å².